The lowest BCUT2D eigenvalue weighted by Gasteiger charge is -2.09. The highest BCUT2D eigenvalue weighted by Gasteiger charge is 2.13. The number of fused-ring (bicyclic) bond motifs is 1. The Balaban J connectivity index is 1.69. The molecule has 3 rings (SSSR count). The predicted octanol–water partition coefficient (Wildman–Crippen LogP) is 3.81. The summed E-state index contributed by atoms with van der Waals surface area (Å²) in [5.41, 5.74) is 3.94. The number of aryl methyl sites for hydroxylation is 1. The van der Waals surface area contributed by atoms with Crippen LogP contribution in [0.2, 0.25) is 0 Å². The number of hydrogen-bond donors (Lipinski definition) is 2. The van der Waals surface area contributed by atoms with Crippen molar-refractivity contribution in [3.05, 3.63) is 64.1 Å². The average Bonchev–Trinajstić information content (AvgIpc) is 2.89. The molecule has 0 saturated heterocycles. The fourth-order valence-electron chi connectivity index (χ4n) is 2.67. The van der Waals surface area contributed by atoms with Crippen LogP contribution in [0.3, 0.4) is 0 Å². The zero-order valence-corrected chi connectivity index (χ0v) is 14.5. The molecule has 2 aromatic carbocycles. The summed E-state index contributed by atoms with van der Waals surface area (Å²) in [5.74, 6) is -0.397. The summed E-state index contributed by atoms with van der Waals surface area (Å²) in [4.78, 5) is 23.9. The summed E-state index contributed by atoms with van der Waals surface area (Å²) in [6, 6.07) is 12.8. The Labute approximate surface area is 145 Å². The number of amides is 2. The normalized spacial score (nSPS) is 11.0. The molecule has 0 radical (unpaired) electrons. The number of nitrogens with one attached hydrogen (secondary N) is 2. The molecule has 6 heteroatoms. The van der Waals surface area contributed by atoms with Crippen molar-refractivity contribution in [2.75, 3.05) is 5.32 Å². The van der Waals surface area contributed by atoms with Gasteiger partial charge >= 0.3 is 11.8 Å². The van der Waals surface area contributed by atoms with Crippen molar-refractivity contribution < 1.29 is 9.21 Å². The first-order chi connectivity index (χ1) is 11.9. The van der Waals surface area contributed by atoms with Crippen LogP contribution in [0.4, 0.5) is 10.5 Å². The number of rotatable bonds is 4. The van der Waals surface area contributed by atoms with Crippen molar-refractivity contribution >= 4 is 22.8 Å². The van der Waals surface area contributed by atoms with E-state index < -0.39 is 5.76 Å². The quantitative estimate of drug-likeness (QED) is 0.759. The summed E-state index contributed by atoms with van der Waals surface area (Å²) >= 11 is 0. The molecule has 0 saturated carbocycles. The number of aromatic nitrogens is 1. The predicted molar refractivity (Wildman–Crippen MR) is 97.9 cm³/mol. The number of oxazole rings is 1. The monoisotopic (exact) mass is 339 g/mol. The van der Waals surface area contributed by atoms with Crippen LogP contribution in [0.15, 0.2) is 51.7 Å². The van der Waals surface area contributed by atoms with Gasteiger partial charge in [-0.25, -0.2) is 9.59 Å². The van der Waals surface area contributed by atoms with Crippen LogP contribution in [0.25, 0.3) is 11.1 Å². The largest absolute Gasteiger partial charge is 0.420 e. The summed E-state index contributed by atoms with van der Waals surface area (Å²) in [6.07, 6.45) is 0. The molecule has 0 unspecified atom stereocenters. The van der Waals surface area contributed by atoms with Crippen molar-refractivity contribution in [1.82, 2.24) is 9.88 Å². The average molecular weight is 339 g/mol. The maximum Gasteiger partial charge on any atom is 0.420 e. The molecule has 1 aromatic heterocycles. The van der Waals surface area contributed by atoms with Crippen molar-refractivity contribution in [1.29, 1.82) is 0 Å². The second-order valence-electron chi connectivity index (χ2n) is 6.31. The topological polar surface area (TPSA) is 76.3 Å². The Morgan fingerprint density at radius 3 is 2.56 bits per heavy atom. The molecule has 3 aromatic rings. The Morgan fingerprint density at radius 1 is 1.16 bits per heavy atom. The van der Waals surface area contributed by atoms with Gasteiger partial charge < -0.3 is 15.1 Å². The van der Waals surface area contributed by atoms with Crippen molar-refractivity contribution in [3.8, 4) is 0 Å². The third kappa shape index (κ3) is 3.74. The van der Waals surface area contributed by atoms with Crippen LogP contribution < -0.4 is 16.4 Å². The lowest BCUT2D eigenvalue weighted by atomic mass is 10.1. The molecule has 6 nitrogen and oxygen atoms in total. The number of nitrogens with zero attached hydrogens (tertiary/aromatic N) is 1. The lowest BCUT2D eigenvalue weighted by Crippen LogP contribution is -2.28. The van der Waals surface area contributed by atoms with Gasteiger partial charge in [-0.15, -0.1) is 0 Å². The Hall–Kier alpha value is -3.02. The Kier molecular flexibility index (Phi) is 4.61. The van der Waals surface area contributed by atoms with Gasteiger partial charge in [-0.2, -0.15) is 0 Å². The highest BCUT2D eigenvalue weighted by molar-refractivity contribution is 5.91. The van der Waals surface area contributed by atoms with E-state index in [1.165, 1.54) is 5.56 Å². The molecule has 0 aliphatic heterocycles. The van der Waals surface area contributed by atoms with Crippen LogP contribution in [0.1, 0.15) is 31.0 Å². The van der Waals surface area contributed by atoms with Gasteiger partial charge in [-0.1, -0.05) is 29.8 Å². The maximum absolute atomic E-state index is 12.0. The number of benzene rings is 2. The third-order valence-corrected chi connectivity index (χ3v) is 3.96. The van der Waals surface area contributed by atoms with Crippen molar-refractivity contribution in [2.24, 2.45) is 0 Å². The van der Waals surface area contributed by atoms with Gasteiger partial charge in [0.05, 0.1) is 5.52 Å². The molecule has 0 bridgehead atoms. The summed E-state index contributed by atoms with van der Waals surface area (Å²) in [6.45, 7) is 6.29. The maximum atomic E-state index is 12.0. The molecular weight excluding hydrogens is 318 g/mol. The van der Waals surface area contributed by atoms with Gasteiger partial charge in [0, 0.05) is 24.3 Å². The second kappa shape index (κ2) is 6.84. The first kappa shape index (κ1) is 16.8. The molecule has 1 heterocycles. The fourth-order valence-corrected chi connectivity index (χ4v) is 2.67. The van der Waals surface area contributed by atoms with Crippen LogP contribution >= 0.6 is 0 Å². The number of hydrogen-bond acceptors (Lipinski definition) is 3. The van der Waals surface area contributed by atoms with Crippen LogP contribution in [0.5, 0.6) is 0 Å². The third-order valence-electron chi connectivity index (χ3n) is 3.96. The zero-order chi connectivity index (χ0) is 18.0. The standard InChI is InChI=1S/C19H21N3O3/c1-12(2)22-16-9-8-15(10-17(16)25-19(22)24)21-18(23)20-11-14-6-4-13(3)5-7-14/h4-10,12H,11H2,1-3H3,(H2,20,21,23). The van der Waals surface area contributed by atoms with E-state index in [2.05, 4.69) is 10.6 Å². The van der Waals surface area contributed by atoms with Gasteiger partial charge in [0.25, 0.3) is 0 Å². The molecule has 130 valence electrons. The molecule has 2 amide bonds. The van der Waals surface area contributed by atoms with Crippen LogP contribution in [-0.2, 0) is 6.54 Å². The first-order valence-electron chi connectivity index (χ1n) is 8.19. The molecule has 0 aliphatic rings. The molecule has 0 aliphatic carbocycles. The fraction of sp³-hybridized carbons (Fsp3) is 0.263. The SMILES string of the molecule is Cc1ccc(CNC(=O)Nc2ccc3c(c2)oc(=O)n3C(C)C)cc1. The van der Waals surface area contributed by atoms with Gasteiger partial charge in [0.2, 0.25) is 0 Å². The minimum absolute atomic E-state index is 0.00497. The highest BCUT2D eigenvalue weighted by Crippen LogP contribution is 2.20. The molecule has 2 N–H and O–H groups in total. The molecule has 0 fully saturated rings. The number of anilines is 1. The number of urea groups is 1. The van der Waals surface area contributed by atoms with Crippen molar-refractivity contribution in [2.45, 2.75) is 33.4 Å². The first-order valence-corrected chi connectivity index (χ1v) is 8.19. The van der Waals surface area contributed by atoms with E-state index in [-0.39, 0.29) is 12.1 Å². The smallest absolute Gasteiger partial charge is 0.408 e. The van der Waals surface area contributed by atoms with E-state index in [0.29, 0.717) is 23.3 Å². The summed E-state index contributed by atoms with van der Waals surface area (Å²) in [5, 5.41) is 5.55. The Bertz CT molecular complexity index is 952. The molecular formula is C19H21N3O3. The van der Waals surface area contributed by atoms with E-state index >= 15 is 0 Å². The van der Waals surface area contributed by atoms with Crippen LogP contribution in [0, 0.1) is 6.92 Å². The van der Waals surface area contributed by atoms with E-state index in [9.17, 15) is 9.59 Å². The van der Waals surface area contributed by atoms with Gasteiger partial charge in [0.1, 0.15) is 0 Å². The van der Waals surface area contributed by atoms with Gasteiger partial charge in [-0.05, 0) is 38.5 Å². The molecule has 0 spiro atoms. The summed E-state index contributed by atoms with van der Waals surface area (Å²) in [7, 11) is 0. The van der Waals surface area contributed by atoms with Gasteiger partial charge in [-0.3, -0.25) is 4.57 Å². The molecule has 25 heavy (non-hydrogen) atoms. The van der Waals surface area contributed by atoms with Gasteiger partial charge in [0.15, 0.2) is 5.58 Å². The Morgan fingerprint density at radius 2 is 1.88 bits per heavy atom. The lowest BCUT2D eigenvalue weighted by molar-refractivity contribution is 0.251. The molecule has 0 atom stereocenters. The number of carbonyl (C=O) groups is 1. The van der Waals surface area contributed by atoms with E-state index in [4.69, 9.17) is 4.42 Å². The van der Waals surface area contributed by atoms with Crippen LogP contribution in [-0.4, -0.2) is 10.6 Å². The van der Waals surface area contributed by atoms with E-state index in [0.717, 1.165) is 5.56 Å². The minimum Gasteiger partial charge on any atom is -0.408 e. The highest BCUT2D eigenvalue weighted by atomic mass is 16.4. The van der Waals surface area contributed by atoms with E-state index in [1.807, 2.05) is 45.0 Å². The zero-order valence-electron chi connectivity index (χ0n) is 14.5. The van der Waals surface area contributed by atoms with E-state index in [1.54, 1.807) is 22.8 Å². The number of carbonyl (C=O) groups excluding carboxylic acids is 1. The minimum atomic E-state index is -0.397. The van der Waals surface area contributed by atoms with Crippen molar-refractivity contribution in [3.63, 3.8) is 0 Å². The second-order valence-corrected chi connectivity index (χ2v) is 6.31. The summed E-state index contributed by atoms with van der Waals surface area (Å²) < 4.78 is 6.84.